The second-order valence-corrected chi connectivity index (χ2v) is 7.18. The molecule has 4 nitrogen and oxygen atoms in total. The van der Waals surface area contributed by atoms with Gasteiger partial charge in [0.15, 0.2) is 0 Å². The fourth-order valence-corrected chi connectivity index (χ4v) is 4.16. The van der Waals surface area contributed by atoms with E-state index in [4.69, 9.17) is 9.47 Å². The quantitative estimate of drug-likeness (QED) is 0.613. The van der Waals surface area contributed by atoms with Gasteiger partial charge in [0.05, 0.1) is 19.8 Å². The lowest BCUT2D eigenvalue weighted by molar-refractivity contribution is 0.214. The van der Waals surface area contributed by atoms with E-state index in [0.717, 1.165) is 37.6 Å². The van der Waals surface area contributed by atoms with Gasteiger partial charge in [0.25, 0.3) is 0 Å². The van der Waals surface area contributed by atoms with Crippen LogP contribution in [0, 0.1) is 0 Å². The van der Waals surface area contributed by atoms with Crippen LogP contribution in [0.4, 0.5) is 0 Å². The minimum Gasteiger partial charge on any atom is -0.497 e. The molecule has 3 aromatic rings. The number of aryl methyl sites for hydroxylation is 1. The SMILES string of the molecule is CCOc1ccccc1C1c2cccn2CCCN1Cc1cccc(OC)c1. The minimum absolute atomic E-state index is 0.159. The number of nitrogens with zero attached hydrogens (tertiary/aromatic N) is 2. The molecule has 4 heteroatoms. The largest absolute Gasteiger partial charge is 0.497 e. The molecule has 146 valence electrons. The van der Waals surface area contributed by atoms with Crippen molar-refractivity contribution in [2.45, 2.75) is 32.5 Å². The summed E-state index contributed by atoms with van der Waals surface area (Å²) in [6.45, 7) is 5.66. The topological polar surface area (TPSA) is 26.6 Å². The van der Waals surface area contributed by atoms with Crippen molar-refractivity contribution in [3.8, 4) is 11.5 Å². The van der Waals surface area contributed by atoms with Gasteiger partial charge in [-0.2, -0.15) is 0 Å². The molecule has 0 N–H and O–H groups in total. The van der Waals surface area contributed by atoms with Crippen LogP contribution in [-0.4, -0.2) is 29.7 Å². The van der Waals surface area contributed by atoms with Crippen molar-refractivity contribution < 1.29 is 9.47 Å². The summed E-state index contributed by atoms with van der Waals surface area (Å²) in [6, 6.07) is 21.4. The molecule has 0 saturated carbocycles. The molecule has 0 bridgehead atoms. The van der Waals surface area contributed by atoms with E-state index < -0.39 is 0 Å². The molecule has 0 fully saturated rings. The first-order valence-corrected chi connectivity index (χ1v) is 10.0. The van der Waals surface area contributed by atoms with E-state index in [9.17, 15) is 0 Å². The highest BCUT2D eigenvalue weighted by molar-refractivity contribution is 5.41. The number of rotatable bonds is 6. The summed E-state index contributed by atoms with van der Waals surface area (Å²) in [7, 11) is 1.72. The Balaban J connectivity index is 1.75. The molecule has 0 radical (unpaired) electrons. The van der Waals surface area contributed by atoms with E-state index in [1.165, 1.54) is 16.8 Å². The maximum Gasteiger partial charge on any atom is 0.124 e. The van der Waals surface area contributed by atoms with Crippen LogP contribution >= 0.6 is 0 Å². The fourth-order valence-electron chi connectivity index (χ4n) is 4.16. The zero-order chi connectivity index (χ0) is 19.3. The van der Waals surface area contributed by atoms with E-state index in [-0.39, 0.29) is 6.04 Å². The van der Waals surface area contributed by atoms with Crippen molar-refractivity contribution >= 4 is 0 Å². The van der Waals surface area contributed by atoms with Gasteiger partial charge in [-0.25, -0.2) is 0 Å². The fraction of sp³-hybridized carbons (Fsp3) is 0.333. The number of para-hydroxylation sites is 1. The van der Waals surface area contributed by atoms with E-state index in [0.29, 0.717) is 6.61 Å². The molecule has 1 aromatic heterocycles. The highest BCUT2D eigenvalue weighted by Gasteiger charge is 2.29. The predicted molar refractivity (Wildman–Crippen MR) is 112 cm³/mol. The zero-order valence-corrected chi connectivity index (χ0v) is 16.7. The third kappa shape index (κ3) is 3.78. The lowest BCUT2D eigenvalue weighted by atomic mass is 10.00. The average molecular weight is 377 g/mol. The number of ether oxygens (including phenoxy) is 2. The summed E-state index contributed by atoms with van der Waals surface area (Å²) in [5, 5.41) is 0. The molecule has 0 saturated heterocycles. The Hall–Kier alpha value is -2.72. The Morgan fingerprint density at radius 3 is 2.75 bits per heavy atom. The number of methoxy groups -OCH3 is 1. The minimum atomic E-state index is 0.159. The van der Waals surface area contributed by atoms with E-state index in [2.05, 4.69) is 70.3 Å². The first kappa shape index (κ1) is 18.6. The highest BCUT2D eigenvalue weighted by Crippen LogP contribution is 2.37. The molecule has 1 aliphatic heterocycles. The molecule has 0 amide bonds. The summed E-state index contributed by atoms with van der Waals surface area (Å²) < 4.78 is 13.8. The number of benzene rings is 2. The molecule has 1 atom stereocenters. The van der Waals surface area contributed by atoms with E-state index in [1.54, 1.807) is 7.11 Å². The van der Waals surface area contributed by atoms with Crippen LogP contribution in [0.15, 0.2) is 66.9 Å². The second kappa shape index (κ2) is 8.53. The van der Waals surface area contributed by atoms with Crippen LogP contribution in [0.2, 0.25) is 0 Å². The highest BCUT2D eigenvalue weighted by atomic mass is 16.5. The zero-order valence-electron chi connectivity index (χ0n) is 16.7. The van der Waals surface area contributed by atoms with Crippen molar-refractivity contribution in [2.24, 2.45) is 0 Å². The summed E-state index contributed by atoms with van der Waals surface area (Å²) in [5.74, 6) is 1.88. The molecule has 1 aliphatic rings. The Bertz CT molecular complexity index is 918. The van der Waals surface area contributed by atoms with Gasteiger partial charge in [0, 0.05) is 37.1 Å². The van der Waals surface area contributed by atoms with Crippen LogP contribution in [-0.2, 0) is 13.1 Å². The summed E-state index contributed by atoms with van der Waals surface area (Å²) in [4.78, 5) is 2.56. The summed E-state index contributed by atoms with van der Waals surface area (Å²) in [6.07, 6.45) is 3.32. The van der Waals surface area contributed by atoms with Crippen molar-refractivity contribution in [3.05, 3.63) is 83.7 Å². The Morgan fingerprint density at radius 1 is 1.00 bits per heavy atom. The number of hydrogen-bond donors (Lipinski definition) is 0. The van der Waals surface area contributed by atoms with Gasteiger partial charge in [0.1, 0.15) is 11.5 Å². The van der Waals surface area contributed by atoms with Crippen LogP contribution < -0.4 is 9.47 Å². The first-order chi connectivity index (χ1) is 13.8. The van der Waals surface area contributed by atoms with Gasteiger partial charge in [-0.1, -0.05) is 30.3 Å². The molecule has 0 spiro atoms. The molecular formula is C24H28N2O2. The molecule has 28 heavy (non-hydrogen) atoms. The Kier molecular flexibility index (Phi) is 5.68. The molecular weight excluding hydrogens is 348 g/mol. The van der Waals surface area contributed by atoms with Crippen molar-refractivity contribution in [1.82, 2.24) is 9.47 Å². The average Bonchev–Trinajstić information content (AvgIpc) is 3.11. The van der Waals surface area contributed by atoms with Crippen molar-refractivity contribution in [3.63, 3.8) is 0 Å². The van der Waals surface area contributed by atoms with Gasteiger partial charge < -0.3 is 14.0 Å². The number of hydrogen-bond acceptors (Lipinski definition) is 3. The van der Waals surface area contributed by atoms with Gasteiger partial charge in [-0.05, 0) is 49.2 Å². The summed E-state index contributed by atoms with van der Waals surface area (Å²) >= 11 is 0. The number of aromatic nitrogens is 1. The van der Waals surface area contributed by atoms with Crippen LogP contribution in [0.1, 0.15) is 36.2 Å². The molecule has 1 unspecified atom stereocenters. The molecule has 0 aliphatic carbocycles. The normalized spacial score (nSPS) is 17.0. The Labute approximate surface area is 167 Å². The maximum absolute atomic E-state index is 6.00. The van der Waals surface area contributed by atoms with Gasteiger partial charge >= 0.3 is 0 Å². The van der Waals surface area contributed by atoms with Crippen molar-refractivity contribution in [2.75, 3.05) is 20.3 Å². The molecule has 4 rings (SSSR count). The lowest BCUT2D eigenvalue weighted by Crippen LogP contribution is -2.30. The predicted octanol–water partition coefficient (Wildman–Crippen LogP) is 4.89. The number of fused-ring (bicyclic) bond motifs is 1. The van der Waals surface area contributed by atoms with Crippen LogP contribution in [0.25, 0.3) is 0 Å². The first-order valence-electron chi connectivity index (χ1n) is 10.0. The maximum atomic E-state index is 6.00. The van der Waals surface area contributed by atoms with Gasteiger partial charge in [-0.15, -0.1) is 0 Å². The van der Waals surface area contributed by atoms with Crippen LogP contribution in [0.5, 0.6) is 11.5 Å². The smallest absolute Gasteiger partial charge is 0.124 e. The third-order valence-corrected chi connectivity index (χ3v) is 5.39. The van der Waals surface area contributed by atoms with Crippen LogP contribution in [0.3, 0.4) is 0 Å². The lowest BCUT2D eigenvalue weighted by Gasteiger charge is -2.31. The Morgan fingerprint density at radius 2 is 1.89 bits per heavy atom. The third-order valence-electron chi connectivity index (χ3n) is 5.39. The monoisotopic (exact) mass is 376 g/mol. The molecule has 2 heterocycles. The van der Waals surface area contributed by atoms with E-state index in [1.807, 2.05) is 13.0 Å². The summed E-state index contributed by atoms with van der Waals surface area (Å²) in [5.41, 5.74) is 3.82. The van der Waals surface area contributed by atoms with E-state index >= 15 is 0 Å². The molecule has 2 aromatic carbocycles. The van der Waals surface area contributed by atoms with Gasteiger partial charge in [0.2, 0.25) is 0 Å². The van der Waals surface area contributed by atoms with Crippen molar-refractivity contribution in [1.29, 1.82) is 0 Å². The second-order valence-electron chi connectivity index (χ2n) is 7.18. The van der Waals surface area contributed by atoms with Gasteiger partial charge in [-0.3, -0.25) is 4.90 Å². The standard InChI is InChI=1S/C24H28N2O2/c1-3-28-23-13-5-4-11-21(23)24-22-12-7-14-25(22)15-8-16-26(24)18-19-9-6-10-20(17-19)27-2/h4-7,9-14,17,24H,3,8,15-16,18H2,1-2H3.